The molecule has 0 aromatic heterocycles. The molecule has 0 spiro atoms. The first kappa shape index (κ1) is 55.5. The summed E-state index contributed by atoms with van der Waals surface area (Å²) in [5.74, 6) is -0.538. The zero-order chi connectivity index (χ0) is 44.1. The number of hydrogen-bond donors (Lipinski definition) is 6. The maximum Gasteiger partial charge on any atom is 0.472 e. The van der Waals surface area contributed by atoms with Crippen LogP contribution in [0.4, 0.5) is 0 Å². The summed E-state index contributed by atoms with van der Waals surface area (Å²) in [6.45, 7) is 4.04. The summed E-state index contributed by atoms with van der Waals surface area (Å²) in [6, 6.07) is 0. The third-order valence-corrected chi connectivity index (χ3v) is 10.8. The van der Waals surface area contributed by atoms with Crippen LogP contribution in [0.3, 0.4) is 0 Å². The van der Waals surface area contributed by atoms with Crippen molar-refractivity contribution in [1.82, 2.24) is 0 Å². The van der Waals surface area contributed by atoms with Crippen molar-refractivity contribution in [2.24, 2.45) is 0 Å². The molecule has 0 radical (unpaired) electrons. The van der Waals surface area contributed by atoms with Gasteiger partial charge in [0.25, 0.3) is 0 Å². The van der Waals surface area contributed by atoms with E-state index in [9.17, 15) is 39.8 Å². The Morgan fingerprint density at radius 3 is 1.43 bits per heavy atom. The number of phosphoric ester groups is 1. The lowest BCUT2D eigenvalue weighted by atomic mass is 9.85. The van der Waals surface area contributed by atoms with Crippen molar-refractivity contribution in [3.63, 3.8) is 0 Å². The van der Waals surface area contributed by atoms with Gasteiger partial charge in [0.2, 0.25) is 0 Å². The maximum absolute atomic E-state index is 12.8. The van der Waals surface area contributed by atoms with Crippen LogP contribution in [0.15, 0.2) is 85.1 Å². The second-order valence-electron chi connectivity index (χ2n) is 15.2. The fourth-order valence-corrected chi connectivity index (χ4v) is 7.20. The zero-order valence-electron chi connectivity index (χ0n) is 36.5. The van der Waals surface area contributed by atoms with Crippen LogP contribution in [0.1, 0.15) is 142 Å². The molecule has 6 unspecified atom stereocenters. The molecule has 0 bridgehead atoms. The summed E-state index contributed by atoms with van der Waals surface area (Å²) in [4.78, 5) is 23.1. The Kier molecular flexibility index (Phi) is 34.3. The van der Waals surface area contributed by atoms with E-state index >= 15 is 0 Å². The Labute approximate surface area is 361 Å². The van der Waals surface area contributed by atoms with E-state index in [1.54, 1.807) is 0 Å². The number of unbranched alkanes of at least 4 members (excludes halogenated alkanes) is 10. The van der Waals surface area contributed by atoms with Gasteiger partial charge >= 0.3 is 13.8 Å². The molecule has 0 aliphatic heterocycles. The van der Waals surface area contributed by atoms with Crippen molar-refractivity contribution in [3.05, 3.63) is 85.1 Å². The largest absolute Gasteiger partial charge is 0.472 e. The van der Waals surface area contributed by atoms with Crippen LogP contribution in [0, 0.1) is 0 Å². The molecule has 1 aliphatic carbocycles. The second-order valence-corrected chi connectivity index (χ2v) is 16.6. The van der Waals surface area contributed by atoms with E-state index in [-0.39, 0.29) is 13.0 Å². The Balaban J connectivity index is 2.43. The van der Waals surface area contributed by atoms with Crippen LogP contribution in [-0.2, 0) is 27.9 Å². The normalized spacial score (nSPS) is 23.1. The Hall–Kier alpha value is -2.48. The molecule has 0 aromatic rings. The van der Waals surface area contributed by atoms with Crippen LogP contribution in [0.25, 0.3) is 0 Å². The molecule has 1 saturated carbocycles. The highest BCUT2D eigenvalue weighted by Gasteiger charge is 2.51. The summed E-state index contributed by atoms with van der Waals surface area (Å²) in [5, 5.41) is 50.1. The van der Waals surface area contributed by atoms with Gasteiger partial charge in [-0.2, -0.15) is 0 Å². The average molecular weight is 867 g/mol. The Morgan fingerprint density at radius 1 is 0.550 bits per heavy atom. The minimum Gasteiger partial charge on any atom is -0.457 e. The lowest BCUT2D eigenvalue weighted by molar-refractivity contribution is -0.220. The lowest BCUT2D eigenvalue weighted by Gasteiger charge is -2.41. The number of aliphatic hydroxyl groups excluding tert-OH is 5. The summed E-state index contributed by atoms with van der Waals surface area (Å²) in [5.41, 5.74) is 0. The minimum absolute atomic E-state index is 0.102. The van der Waals surface area contributed by atoms with Gasteiger partial charge in [0, 0.05) is 13.0 Å². The highest BCUT2D eigenvalue weighted by atomic mass is 31.2. The first-order valence-electron chi connectivity index (χ1n) is 22.4. The quantitative estimate of drug-likeness (QED) is 0.0152. The standard InChI is InChI=1S/C47H79O12P/c1-3-5-7-9-11-13-15-16-17-18-19-20-21-22-23-24-25-26-27-28-30-32-34-36-41(48)58-40(38-56-37-35-33-31-29-14-12-10-8-6-4-2)39-57-60(54,55)59-47-45(52)43(50)42(49)44(51)46(47)53/h5,7,11,13,16-17,19-20,22-23,25-26,28,30,40,42-47,49-53H,3-4,6,8-10,12,14-15,18,21,24,27,29,31-39H2,1-2H3,(H,54,55)/b7-5-,13-11-,17-16-,20-19-,23-22-,26-25-,30-28-. The molecule has 0 amide bonds. The van der Waals surface area contributed by atoms with Crippen molar-refractivity contribution in [3.8, 4) is 0 Å². The van der Waals surface area contributed by atoms with Gasteiger partial charge in [-0.25, -0.2) is 4.57 Å². The van der Waals surface area contributed by atoms with Crippen molar-refractivity contribution in [2.75, 3.05) is 19.8 Å². The molecule has 344 valence electrons. The molecule has 1 aliphatic rings. The molecule has 0 saturated heterocycles. The van der Waals surface area contributed by atoms with Gasteiger partial charge in [-0.1, -0.05) is 157 Å². The van der Waals surface area contributed by atoms with Crippen LogP contribution in [0.2, 0.25) is 0 Å². The highest BCUT2D eigenvalue weighted by molar-refractivity contribution is 7.47. The first-order chi connectivity index (χ1) is 29.0. The number of allylic oxidation sites excluding steroid dienone is 14. The average Bonchev–Trinajstić information content (AvgIpc) is 3.23. The minimum atomic E-state index is -5.03. The van der Waals surface area contributed by atoms with E-state index < -0.39 is 63.1 Å². The zero-order valence-corrected chi connectivity index (χ0v) is 37.4. The number of rotatable bonds is 36. The summed E-state index contributed by atoms with van der Waals surface area (Å²) < 4.78 is 34.0. The lowest BCUT2D eigenvalue weighted by Crippen LogP contribution is -2.64. The van der Waals surface area contributed by atoms with Gasteiger partial charge in [0.1, 0.15) is 42.7 Å². The molecular weight excluding hydrogens is 787 g/mol. The fraction of sp³-hybridized carbons (Fsp3) is 0.681. The third kappa shape index (κ3) is 28.9. The van der Waals surface area contributed by atoms with Gasteiger partial charge in [0.15, 0.2) is 0 Å². The number of carbonyl (C=O) groups is 1. The van der Waals surface area contributed by atoms with Gasteiger partial charge in [-0.3, -0.25) is 13.8 Å². The van der Waals surface area contributed by atoms with Crippen LogP contribution >= 0.6 is 7.82 Å². The summed E-state index contributed by atoms with van der Waals surface area (Å²) in [7, 11) is -5.03. The SMILES string of the molecule is CC/C=C\C/C=C\C/C=C\C/C=C\C/C=C\C/C=C\C/C=C\CCCC(=O)OC(COCCCCCCCCCCCC)COP(=O)(O)OC1C(O)C(O)C(O)C(O)C1O. The maximum atomic E-state index is 12.8. The summed E-state index contributed by atoms with van der Waals surface area (Å²) >= 11 is 0. The number of phosphoric acid groups is 1. The Bertz CT molecular complexity index is 1310. The molecule has 12 nitrogen and oxygen atoms in total. The van der Waals surface area contributed by atoms with E-state index in [0.29, 0.717) is 19.4 Å². The smallest absolute Gasteiger partial charge is 0.457 e. The van der Waals surface area contributed by atoms with Gasteiger partial charge < -0.3 is 39.9 Å². The number of carbonyl (C=O) groups excluding carboxylic acids is 1. The molecule has 60 heavy (non-hydrogen) atoms. The number of ether oxygens (including phenoxy) is 2. The van der Waals surface area contributed by atoms with E-state index in [2.05, 4.69) is 86.8 Å². The van der Waals surface area contributed by atoms with Crippen molar-refractivity contribution in [1.29, 1.82) is 0 Å². The molecule has 1 rings (SSSR count). The predicted molar refractivity (Wildman–Crippen MR) is 239 cm³/mol. The highest BCUT2D eigenvalue weighted by Crippen LogP contribution is 2.47. The second kappa shape index (κ2) is 37.1. The monoisotopic (exact) mass is 867 g/mol. The molecule has 6 atom stereocenters. The van der Waals surface area contributed by atoms with Gasteiger partial charge in [0.05, 0.1) is 13.2 Å². The van der Waals surface area contributed by atoms with E-state index in [0.717, 1.165) is 64.2 Å². The van der Waals surface area contributed by atoms with Crippen molar-refractivity contribution in [2.45, 2.75) is 185 Å². The number of aliphatic hydroxyl groups is 5. The molecular formula is C47H79O12P. The molecule has 6 N–H and O–H groups in total. The number of esters is 1. The molecule has 13 heteroatoms. The molecule has 1 fully saturated rings. The fourth-order valence-electron chi connectivity index (χ4n) is 6.23. The molecule has 0 heterocycles. The van der Waals surface area contributed by atoms with Gasteiger partial charge in [-0.15, -0.1) is 0 Å². The molecule has 0 aromatic carbocycles. The predicted octanol–water partition coefficient (Wildman–Crippen LogP) is 8.97. The van der Waals surface area contributed by atoms with Gasteiger partial charge in [-0.05, 0) is 64.2 Å². The number of hydrogen-bond acceptors (Lipinski definition) is 11. The summed E-state index contributed by atoms with van der Waals surface area (Å²) in [6.07, 6.45) is 36.7. The Morgan fingerprint density at radius 2 is 0.967 bits per heavy atom. The van der Waals surface area contributed by atoms with Crippen molar-refractivity contribution >= 4 is 13.8 Å². The van der Waals surface area contributed by atoms with Crippen LogP contribution < -0.4 is 0 Å². The van der Waals surface area contributed by atoms with E-state index in [4.69, 9.17) is 18.5 Å². The topological polar surface area (TPSA) is 192 Å². The third-order valence-electron chi connectivity index (χ3n) is 9.78. The van der Waals surface area contributed by atoms with Crippen LogP contribution in [0.5, 0.6) is 0 Å². The van der Waals surface area contributed by atoms with Crippen molar-refractivity contribution < 1.29 is 58.3 Å². The first-order valence-corrected chi connectivity index (χ1v) is 23.9. The van der Waals surface area contributed by atoms with Crippen LogP contribution in [-0.4, -0.2) is 98.9 Å². The van der Waals surface area contributed by atoms with E-state index in [1.807, 2.05) is 12.2 Å². The van der Waals surface area contributed by atoms with E-state index in [1.165, 1.54) is 44.9 Å².